The Bertz CT molecular complexity index is 311. The smallest absolute Gasteiger partial charge is 0.303 e. The van der Waals surface area contributed by atoms with Gasteiger partial charge in [0.15, 0.2) is 0 Å². The molecule has 0 aromatic rings. The van der Waals surface area contributed by atoms with Gasteiger partial charge in [0.05, 0.1) is 6.42 Å². The fourth-order valence-corrected chi connectivity index (χ4v) is 3.58. The fourth-order valence-electron chi connectivity index (χ4n) is 3.58. The first-order chi connectivity index (χ1) is 7.13. The summed E-state index contributed by atoms with van der Waals surface area (Å²) >= 11 is 0. The molecule has 0 aliphatic heterocycles. The monoisotopic (exact) mass is 209 g/mol. The maximum absolute atomic E-state index is 10.9. The summed E-state index contributed by atoms with van der Waals surface area (Å²) in [6.07, 6.45) is 5.72. The Morgan fingerprint density at radius 3 is 3.00 bits per heavy atom. The Kier molecular flexibility index (Phi) is 2.59. The summed E-state index contributed by atoms with van der Waals surface area (Å²) in [5.74, 6) is 0.438. The molecule has 1 fully saturated rings. The van der Waals surface area contributed by atoms with Crippen LogP contribution >= 0.6 is 0 Å². The number of nitrogens with two attached hydrogens (primary N) is 1. The minimum atomic E-state index is -0.707. The first-order valence-corrected chi connectivity index (χ1v) is 5.73. The molecule has 2 aliphatic carbocycles. The van der Waals surface area contributed by atoms with E-state index in [2.05, 4.69) is 13.0 Å². The van der Waals surface area contributed by atoms with Crippen molar-refractivity contribution >= 4 is 5.97 Å². The van der Waals surface area contributed by atoms with Crippen molar-refractivity contribution in [1.82, 2.24) is 0 Å². The molecule has 0 saturated heterocycles. The summed E-state index contributed by atoms with van der Waals surface area (Å²) in [5.41, 5.74) is 7.11. The maximum atomic E-state index is 10.9. The zero-order chi connectivity index (χ0) is 11.1. The Morgan fingerprint density at radius 2 is 2.47 bits per heavy atom. The molecule has 2 rings (SSSR count). The van der Waals surface area contributed by atoms with Gasteiger partial charge in [-0.25, -0.2) is 0 Å². The van der Waals surface area contributed by atoms with Gasteiger partial charge >= 0.3 is 5.97 Å². The predicted octanol–water partition coefficient (Wildman–Crippen LogP) is 1.78. The molecule has 1 saturated carbocycles. The van der Waals surface area contributed by atoms with Gasteiger partial charge in [-0.15, -0.1) is 0 Å². The second kappa shape index (κ2) is 3.63. The van der Waals surface area contributed by atoms with Gasteiger partial charge < -0.3 is 10.8 Å². The van der Waals surface area contributed by atoms with Crippen molar-refractivity contribution in [1.29, 1.82) is 0 Å². The van der Waals surface area contributed by atoms with Crippen LogP contribution in [-0.2, 0) is 4.79 Å². The van der Waals surface area contributed by atoms with Gasteiger partial charge in [0.1, 0.15) is 0 Å². The molecule has 84 valence electrons. The van der Waals surface area contributed by atoms with Crippen molar-refractivity contribution in [2.75, 3.05) is 6.54 Å². The second-order valence-corrected chi connectivity index (χ2v) is 4.95. The molecule has 0 unspecified atom stereocenters. The number of carbonyl (C=O) groups is 1. The van der Waals surface area contributed by atoms with Crippen molar-refractivity contribution in [2.24, 2.45) is 23.0 Å². The predicted molar refractivity (Wildman–Crippen MR) is 58.3 cm³/mol. The SMILES string of the molecule is CCC1=CC[C@H]2C[C@@](CN)(CC(=O)O)[C@H]12. The Hall–Kier alpha value is -0.830. The van der Waals surface area contributed by atoms with Crippen molar-refractivity contribution in [3.63, 3.8) is 0 Å². The van der Waals surface area contributed by atoms with E-state index in [1.54, 1.807) is 0 Å². The van der Waals surface area contributed by atoms with Crippen LogP contribution in [0.4, 0.5) is 0 Å². The summed E-state index contributed by atoms with van der Waals surface area (Å²) in [5, 5.41) is 8.95. The molecule has 3 atom stereocenters. The minimum absolute atomic E-state index is 0.130. The molecule has 3 N–H and O–H groups in total. The third-order valence-electron chi connectivity index (χ3n) is 4.20. The van der Waals surface area contributed by atoms with E-state index in [9.17, 15) is 4.79 Å². The summed E-state index contributed by atoms with van der Waals surface area (Å²) in [6, 6.07) is 0. The number of aliphatic carboxylic acids is 1. The van der Waals surface area contributed by atoms with Gasteiger partial charge in [0, 0.05) is 5.41 Å². The van der Waals surface area contributed by atoms with Gasteiger partial charge in [0.25, 0.3) is 0 Å². The van der Waals surface area contributed by atoms with Crippen LogP contribution in [0.1, 0.15) is 32.6 Å². The number of rotatable bonds is 4. The third-order valence-corrected chi connectivity index (χ3v) is 4.20. The van der Waals surface area contributed by atoms with Crippen LogP contribution in [0.5, 0.6) is 0 Å². The maximum Gasteiger partial charge on any atom is 0.303 e. The van der Waals surface area contributed by atoms with Gasteiger partial charge in [-0.05, 0) is 37.6 Å². The normalized spacial score (nSPS) is 38.1. The van der Waals surface area contributed by atoms with Crippen LogP contribution < -0.4 is 5.73 Å². The highest BCUT2D eigenvalue weighted by Crippen LogP contribution is 2.61. The molecule has 0 aromatic heterocycles. The van der Waals surface area contributed by atoms with Crippen LogP contribution in [0.2, 0.25) is 0 Å². The van der Waals surface area contributed by atoms with Crippen LogP contribution in [0, 0.1) is 17.3 Å². The van der Waals surface area contributed by atoms with Crippen LogP contribution in [0.3, 0.4) is 0 Å². The highest BCUT2D eigenvalue weighted by Gasteiger charge is 2.56. The van der Waals surface area contributed by atoms with Crippen LogP contribution in [-0.4, -0.2) is 17.6 Å². The number of allylic oxidation sites excluding steroid dienone is 2. The van der Waals surface area contributed by atoms with E-state index >= 15 is 0 Å². The average molecular weight is 209 g/mol. The first-order valence-electron chi connectivity index (χ1n) is 5.73. The topological polar surface area (TPSA) is 63.3 Å². The molecule has 15 heavy (non-hydrogen) atoms. The quantitative estimate of drug-likeness (QED) is 0.694. The number of hydrogen-bond acceptors (Lipinski definition) is 2. The zero-order valence-corrected chi connectivity index (χ0v) is 9.20. The van der Waals surface area contributed by atoms with Crippen LogP contribution in [0.25, 0.3) is 0 Å². The van der Waals surface area contributed by atoms with Crippen LogP contribution in [0.15, 0.2) is 11.6 Å². The molecule has 0 amide bonds. The lowest BCUT2D eigenvalue weighted by Crippen LogP contribution is -2.52. The molecule has 0 heterocycles. The fraction of sp³-hybridized carbons (Fsp3) is 0.750. The van der Waals surface area contributed by atoms with Gasteiger partial charge in [-0.3, -0.25) is 4.79 Å². The Balaban J connectivity index is 2.16. The summed E-state index contributed by atoms with van der Waals surface area (Å²) < 4.78 is 0. The third kappa shape index (κ3) is 1.49. The summed E-state index contributed by atoms with van der Waals surface area (Å²) in [6.45, 7) is 2.66. The Morgan fingerprint density at radius 1 is 1.73 bits per heavy atom. The number of fused-ring (bicyclic) bond motifs is 1. The molecule has 0 spiro atoms. The average Bonchev–Trinajstić information content (AvgIpc) is 2.52. The lowest BCUT2D eigenvalue weighted by Gasteiger charge is -2.53. The first kappa shape index (κ1) is 10.7. The molecular weight excluding hydrogens is 190 g/mol. The van der Waals surface area contributed by atoms with Gasteiger partial charge in [-0.1, -0.05) is 18.6 Å². The largest absolute Gasteiger partial charge is 0.481 e. The summed E-state index contributed by atoms with van der Waals surface area (Å²) in [4.78, 5) is 10.9. The van der Waals surface area contributed by atoms with E-state index in [1.807, 2.05) is 0 Å². The van der Waals surface area contributed by atoms with E-state index < -0.39 is 5.97 Å². The minimum Gasteiger partial charge on any atom is -0.481 e. The molecular formula is C12H19NO2. The number of carboxylic acid groups (broad SMARTS) is 1. The molecule has 3 nitrogen and oxygen atoms in total. The lowest BCUT2D eigenvalue weighted by atomic mass is 9.51. The highest BCUT2D eigenvalue weighted by molar-refractivity contribution is 5.68. The Labute approximate surface area is 90.3 Å². The van der Waals surface area contributed by atoms with Gasteiger partial charge in [-0.2, -0.15) is 0 Å². The van der Waals surface area contributed by atoms with Crippen molar-refractivity contribution < 1.29 is 9.90 Å². The number of hydrogen-bond donors (Lipinski definition) is 2. The standard InChI is InChI=1S/C12H19NO2/c1-2-8-3-4-9-5-12(7-13,11(8)9)6-10(14)15/h3,9,11H,2,4-7,13H2,1H3,(H,14,15)/t9-,11+,12-/m0/s1. The van der Waals surface area contributed by atoms with Gasteiger partial charge in [0.2, 0.25) is 0 Å². The van der Waals surface area contributed by atoms with E-state index in [-0.39, 0.29) is 11.8 Å². The van der Waals surface area contributed by atoms with Crippen molar-refractivity contribution in [3.05, 3.63) is 11.6 Å². The molecule has 2 aliphatic rings. The number of carboxylic acids is 1. The van der Waals surface area contributed by atoms with E-state index in [1.165, 1.54) is 5.57 Å². The van der Waals surface area contributed by atoms with E-state index in [0.29, 0.717) is 18.4 Å². The summed E-state index contributed by atoms with van der Waals surface area (Å²) in [7, 11) is 0. The molecule has 3 heteroatoms. The van der Waals surface area contributed by atoms with E-state index in [4.69, 9.17) is 10.8 Å². The molecule has 0 radical (unpaired) electrons. The molecule has 0 aromatic carbocycles. The molecule has 0 bridgehead atoms. The second-order valence-electron chi connectivity index (χ2n) is 4.95. The van der Waals surface area contributed by atoms with E-state index in [0.717, 1.165) is 19.3 Å². The zero-order valence-electron chi connectivity index (χ0n) is 9.20. The van der Waals surface area contributed by atoms with Crippen molar-refractivity contribution in [2.45, 2.75) is 32.6 Å². The van der Waals surface area contributed by atoms with Crippen molar-refractivity contribution in [3.8, 4) is 0 Å². The highest BCUT2D eigenvalue weighted by atomic mass is 16.4. The lowest BCUT2D eigenvalue weighted by molar-refractivity contribution is -0.144.